The van der Waals surface area contributed by atoms with E-state index < -0.39 is 5.97 Å². The van der Waals surface area contributed by atoms with Crippen LogP contribution in [-0.4, -0.2) is 24.8 Å². The second-order valence-corrected chi connectivity index (χ2v) is 6.28. The minimum absolute atomic E-state index is 0.0315. The number of aromatic nitrogens is 1. The second kappa shape index (κ2) is 8.79. The molecule has 3 aromatic rings. The zero-order valence-electron chi connectivity index (χ0n) is 14.3. The van der Waals surface area contributed by atoms with E-state index in [0.717, 1.165) is 11.3 Å². The van der Waals surface area contributed by atoms with Crippen LogP contribution in [0, 0.1) is 0 Å². The molecule has 6 nitrogen and oxygen atoms in total. The highest BCUT2D eigenvalue weighted by atomic mass is 35.5. The minimum atomic E-state index is -0.560. The molecule has 1 aromatic heterocycles. The van der Waals surface area contributed by atoms with Crippen molar-refractivity contribution in [2.75, 3.05) is 13.7 Å². The lowest BCUT2D eigenvalue weighted by Crippen LogP contribution is -2.15. The third-order valence-electron chi connectivity index (χ3n) is 3.55. The quantitative estimate of drug-likeness (QED) is 0.524. The first-order valence-electron chi connectivity index (χ1n) is 7.88. The number of ether oxygens (including phenoxy) is 3. The molecule has 0 aliphatic heterocycles. The van der Waals surface area contributed by atoms with Crippen LogP contribution in [0.5, 0.6) is 11.5 Å². The standard InChI is InChI=1S/C19H15Cl2NO5/c1-24-15-5-2-12(3-6-15)18-9-14(22-27-18)10-26-19(23)11-25-17-7-4-13(20)8-16(17)21/h2-9H,10-11H2,1H3. The molecule has 0 aliphatic carbocycles. The van der Waals surface area contributed by atoms with Crippen molar-refractivity contribution in [3.8, 4) is 22.8 Å². The van der Waals surface area contributed by atoms with Crippen molar-refractivity contribution >= 4 is 29.2 Å². The normalized spacial score (nSPS) is 10.5. The van der Waals surface area contributed by atoms with E-state index >= 15 is 0 Å². The number of rotatable bonds is 7. The maximum atomic E-state index is 11.8. The smallest absolute Gasteiger partial charge is 0.344 e. The first kappa shape index (κ1) is 19.1. The summed E-state index contributed by atoms with van der Waals surface area (Å²) in [5.41, 5.74) is 1.32. The molecule has 140 valence electrons. The fourth-order valence-corrected chi connectivity index (χ4v) is 2.66. The van der Waals surface area contributed by atoms with Gasteiger partial charge in [-0.15, -0.1) is 0 Å². The van der Waals surface area contributed by atoms with Crippen molar-refractivity contribution in [3.05, 3.63) is 64.3 Å². The van der Waals surface area contributed by atoms with Gasteiger partial charge in [0.1, 0.15) is 23.8 Å². The molecule has 0 atom stereocenters. The van der Waals surface area contributed by atoms with Crippen molar-refractivity contribution in [2.45, 2.75) is 6.61 Å². The van der Waals surface area contributed by atoms with E-state index in [1.165, 1.54) is 6.07 Å². The Bertz CT molecular complexity index is 924. The highest BCUT2D eigenvalue weighted by Crippen LogP contribution is 2.27. The summed E-state index contributed by atoms with van der Waals surface area (Å²) in [7, 11) is 1.60. The van der Waals surface area contributed by atoms with Crippen molar-refractivity contribution in [3.63, 3.8) is 0 Å². The number of hydrogen-bond donors (Lipinski definition) is 0. The van der Waals surface area contributed by atoms with E-state index in [-0.39, 0.29) is 13.2 Å². The van der Waals surface area contributed by atoms with Gasteiger partial charge in [-0.25, -0.2) is 4.79 Å². The summed E-state index contributed by atoms with van der Waals surface area (Å²) in [4.78, 5) is 11.8. The monoisotopic (exact) mass is 407 g/mol. The van der Waals surface area contributed by atoms with Gasteiger partial charge in [0.15, 0.2) is 12.4 Å². The summed E-state index contributed by atoms with van der Waals surface area (Å²) >= 11 is 11.8. The lowest BCUT2D eigenvalue weighted by Gasteiger charge is -2.07. The molecule has 0 N–H and O–H groups in total. The molecule has 0 aliphatic rings. The first-order chi connectivity index (χ1) is 13.0. The number of benzene rings is 2. The van der Waals surface area contributed by atoms with E-state index in [1.807, 2.05) is 24.3 Å². The molecular formula is C19H15Cl2NO5. The number of hydrogen-bond acceptors (Lipinski definition) is 6. The largest absolute Gasteiger partial charge is 0.497 e. The van der Waals surface area contributed by atoms with Gasteiger partial charge in [0.2, 0.25) is 0 Å². The molecule has 3 rings (SSSR count). The average Bonchev–Trinajstić information content (AvgIpc) is 3.15. The molecule has 2 aromatic carbocycles. The number of esters is 1. The Kier molecular flexibility index (Phi) is 6.21. The molecule has 0 fully saturated rings. The SMILES string of the molecule is COc1ccc(-c2cc(COC(=O)COc3ccc(Cl)cc3Cl)no2)cc1. The zero-order valence-corrected chi connectivity index (χ0v) is 15.8. The Morgan fingerprint density at radius 2 is 1.89 bits per heavy atom. The molecule has 0 bridgehead atoms. The molecule has 0 saturated heterocycles. The van der Waals surface area contributed by atoms with Crippen molar-refractivity contribution in [2.24, 2.45) is 0 Å². The zero-order chi connectivity index (χ0) is 19.2. The van der Waals surface area contributed by atoms with Gasteiger partial charge < -0.3 is 18.7 Å². The number of nitrogens with zero attached hydrogens (tertiary/aromatic N) is 1. The van der Waals surface area contributed by atoms with E-state index in [2.05, 4.69) is 5.16 Å². The summed E-state index contributed by atoms with van der Waals surface area (Å²) in [5, 5.41) is 4.69. The van der Waals surface area contributed by atoms with Crippen LogP contribution in [0.4, 0.5) is 0 Å². The molecule has 0 unspecified atom stereocenters. The first-order valence-corrected chi connectivity index (χ1v) is 8.64. The number of halogens is 2. The molecule has 0 saturated carbocycles. The predicted molar refractivity (Wildman–Crippen MR) is 100 cm³/mol. The number of methoxy groups -OCH3 is 1. The number of carbonyl (C=O) groups excluding carboxylic acids is 1. The van der Waals surface area contributed by atoms with Crippen LogP contribution < -0.4 is 9.47 Å². The van der Waals surface area contributed by atoms with E-state index in [4.69, 9.17) is 41.9 Å². The third kappa shape index (κ3) is 5.15. The lowest BCUT2D eigenvalue weighted by molar-refractivity contribution is -0.147. The molecule has 0 spiro atoms. The molecule has 0 radical (unpaired) electrons. The van der Waals surface area contributed by atoms with Gasteiger partial charge in [0.05, 0.1) is 12.1 Å². The highest BCUT2D eigenvalue weighted by molar-refractivity contribution is 6.35. The molecule has 0 amide bonds. The van der Waals surface area contributed by atoms with Gasteiger partial charge in [-0.1, -0.05) is 28.4 Å². The van der Waals surface area contributed by atoms with Crippen LogP contribution in [0.15, 0.2) is 53.1 Å². The van der Waals surface area contributed by atoms with E-state index in [0.29, 0.717) is 27.2 Å². The molecule has 27 heavy (non-hydrogen) atoms. The van der Waals surface area contributed by atoms with Gasteiger partial charge in [-0.05, 0) is 42.5 Å². The predicted octanol–water partition coefficient (Wildman–Crippen LogP) is 4.78. The summed E-state index contributed by atoms with van der Waals surface area (Å²) in [6, 6.07) is 13.7. The van der Waals surface area contributed by atoms with Gasteiger partial charge in [-0.3, -0.25) is 0 Å². The van der Waals surface area contributed by atoms with Crippen molar-refractivity contribution in [1.29, 1.82) is 0 Å². The van der Waals surface area contributed by atoms with E-state index in [1.54, 1.807) is 25.3 Å². The van der Waals surface area contributed by atoms with Gasteiger partial charge in [0, 0.05) is 16.7 Å². The fourth-order valence-electron chi connectivity index (χ4n) is 2.20. The molecular weight excluding hydrogens is 393 g/mol. The third-order valence-corrected chi connectivity index (χ3v) is 4.08. The summed E-state index contributed by atoms with van der Waals surface area (Å²) < 4.78 is 20.8. The van der Waals surface area contributed by atoms with Gasteiger partial charge >= 0.3 is 5.97 Å². The summed E-state index contributed by atoms with van der Waals surface area (Å²) in [6.45, 7) is -0.319. The maximum Gasteiger partial charge on any atom is 0.344 e. The van der Waals surface area contributed by atoms with E-state index in [9.17, 15) is 4.79 Å². The topological polar surface area (TPSA) is 70.8 Å². The highest BCUT2D eigenvalue weighted by Gasteiger charge is 2.11. The van der Waals surface area contributed by atoms with Gasteiger partial charge in [-0.2, -0.15) is 0 Å². The van der Waals surface area contributed by atoms with Crippen LogP contribution in [0.25, 0.3) is 11.3 Å². The Labute approximate surface area is 165 Å². The summed E-state index contributed by atoms with van der Waals surface area (Å²) in [6.07, 6.45) is 0. The van der Waals surface area contributed by atoms with Crippen molar-refractivity contribution < 1.29 is 23.5 Å². The molecule has 1 heterocycles. The van der Waals surface area contributed by atoms with Crippen LogP contribution in [0.2, 0.25) is 10.0 Å². The second-order valence-electron chi connectivity index (χ2n) is 5.44. The number of carbonyl (C=O) groups is 1. The fraction of sp³-hybridized carbons (Fsp3) is 0.158. The van der Waals surface area contributed by atoms with Crippen LogP contribution in [0.1, 0.15) is 5.69 Å². The van der Waals surface area contributed by atoms with Crippen LogP contribution in [0.3, 0.4) is 0 Å². The summed E-state index contributed by atoms with van der Waals surface area (Å²) in [5.74, 6) is 1.09. The Balaban J connectivity index is 1.51. The molecule has 8 heteroatoms. The Morgan fingerprint density at radius 3 is 2.59 bits per heavy atom. The van der Waals surface area contributed by atoms with Crippen molar-refractivity contribution in [1.82, 2.24) is 5.16 Å². The Morgan fingerprint density at radius 1 is 1.11 bits per heavy atom. The van der Waals surface area contributed by atoms with Crippen LogP contribution in [-0.2, 0) is 16.1 Å². The van der Waals surface area contributed by atoms with Gasteiger partial charge in [0.25, 0.3) is 0 Å². The average molecular weight is 408 g/mol. The Hall–Kier alpha value is -2.70. The maximum absolute atomic E-state index is 11.8. The lowest BCUT2D eigenvalue weighted by atomic mass is 10.1. The minimum Gasteiger partial charge on any atom is -0.497 e. The van der Waals surface area contributed by atoms with Crippen LogP contribution >= 0.6 is 23.2 Å².